The summed E-state index contributed by atoms with van der Waals surface area (Å²) in [5.74, 6) is 0.970. The highest BCUT2D eigenvalue weighted by Crippen LogP contribution is 2.25. The van der Waals surface area contributed by atoms with Gasteiger partial charge in [-0.2, -0.15) is 0 Å². The second kappa shape index (κ2) is 3.83. The van der Waals surface area contributed by atoms with Crippen molar-refractivity contribution in [3.8, 4) is 0 Å². The smallest absolute Gasteiger partial charge is 0.155 e. The van der Waals surface area contributed by atoms with Crippen LogP contribution < -0.4 is 5.73 Å². The number of imidazole rings is 1. The van der Waals surface area contributed by atoms with Gasteiger partial charge in [0.05, 0.1) is 5.52 Å². The Bertz CT molecular complexity index is 488. The second-order valence-corrected chi connectivity index (χ2v) is 4.00. The molecule has 2 heterocycles. The summed E-state index contributed by atoms with van der Waals surface area (Å²) in [6.45, 7) is 4.01. The van der Waals surface area contributed by atoms with E-state index >= 15 is 0 Å². The SMILES string of the molecule is CCc1nc(Cl)c2c(C(C)N)cccn12. The van der Waals surface area contributed by atoms with Crippen molar-refractivity contribution in [1.29, 1.82) is 0 Å². The molecular formula is C11H14ClN3. The van der Waals surface area contributed by atoms with Gasteiger partial charge in [0.15, 0.2) is 5.15 Å². The van der Waals surface area contributed by atoms with Gasteiger partial charge in [0.1, 0.15) is 5.82 Å². The molecule has 80 valence electrons. The van der Waals surface area contributed by atoms with Crippen LogP contribution in [0.4, 0.5) is 0 Å². The molecule has 2 aromatic rings. The number of rotatable bonds is 2. The Balaban J connectivity index is 2.80. The van der Waals surface area contributed by atoms with Gasteiger partial charge in [-0.05, 0) is 18.6 Å². The van der Waals surface area contributed by atoms with Gasteiger partial charge in [-0.3, -0.25) is 0 Å². The van der Waals surface area contributed by atoms with Crippen molar-refractivity contribution >= 4 is 17.1 Å². The molecule has 0 aliphatic rings. The minimum absolute atomic E-state index is 0.0346. The van der Waals surface area contributed by atoms with E-state index in [9.17, 15) is 0 Å². The molecule has 0 aliphatic heterocycles. The molecule has 0 aromatic carbocycles. The fraction of sp³-hybridized carbons (Fsp3) is 0.364. The van der Waals surface area contributed by atoms with Gasteiger partial charge in [-0.1, -0.05) is 24.6 Å². The summed E-state index contributed by atoms with van der Waals surface area (Å²) in [6.07, 6.45) is 2.83. The molecular weight excluding hydrogens is 210 g/mol. The predicted molar refractivity (Wildman–Crippen MR) is 62.2 cm³/mol. The Morgan fingerprint density at radius 1 is 1.60 bits per heavy atom. The normalized spacial score (nSPS) is 13.3. The first-order valence-electron chi connectivity index (χ1n) is 5.06. The van der Waals surface area contributed by atoms with E-state index in [1.807, 2.05) is 29.7 Å². The van der Waals surface area contributed by atoms with Gasteiger partial charge >= 0.3 is 0 Å². The lowest BCUT2D eigenvalue weighted by Crippen LogP contribution is -2.07. The van der Waals surface area contributed by atoms with Gasteiger partial charge in [0.2, 0.25) is 0 Å². The van der Waals surface area contributed by atoms with Crippen molar-refractivity contribution in [1.82, 2.24) is 9.38 Å². The van der Waals surface area contributed by atoms with Gasteiger partial charge in [0, 0.05) is 18.7 Å². The Hall–Kier alpha value is -1.06. The molecule has 15 heavy (non-hydrogen) atoms. The van der Waals surface area contributed by atoms with Gasteiger partial charge in [-0.15, -0.1) is 0 Å². The van der Waals surface area contributed by atoms with E-state index in [-0.39, 0.29) is 6.04 Å². The summed E-state index contributed by atoms with van der Waals surface area (Å²) < 4.78 is 2.01. The maximum atomic E-state index is 6.12. The lowest BCUT2D eigenvalue weighted by atomic mass is 10.1. The number of aromatic nitrogens is 2. The zero-order valence-electron chi connectivity index (χ0n) is 8.87. The lowest BCUT2D eigenvalue weighted by molar-refractivity contribution is 0.816. The van der Waals surface area contributed by atoms with E-state index in [1.165, 1.54) is 0 Å². The second-order valence-electron chi connectivity index (χ2n) is 3.64. The number of aryl methyl sites for hydroxylation is 1. The molecule has 0 aliphatic carbocycles. The third-order valence-electron chi connectivity index (χ3n) is 2.53. The molecule has 2 aromatic heterocycles. The molecule has 1 atom stereocenters. The predicted octanol–water partition coefficient (Wildman–Crippen LogP) is 2.57. The van der Waals surface area contributed by atoms with Crippen molar-refractivity contribution in [3.05, 3.63) is 34.9 Å². The fourth-order valence-electron chi connectivity index (χ4n) is 1.80. The quantitative estimate of drug-likeness (QED) is 0.851. The van der Waals surface area contributed by atoms with Crippen molar-refractivity contribution in [2.75, 3.05) is 0 Å². The molecule has 3 nitrogen and oxygen atoms in total. The summed E-state index contributed by atoms with van der Waals surface area (Å²) in [4.78, 5) is 4.32. The average molecular weight is 224 g/mol. The van der Waals surface area contributed by atoms with Crippen molar-refractivity contribution in [2.24, 2.45) is 5.73 Å². The van der Waals surface area contributed by atoms with Gasteiger partial charge in [0.25, 0.3) is 0 Å². The Morgan fingerprint density at radius 2 is 2.33 bits per heavy atom. The monoisotopic (exact) mass is 223 g/mol. The van der Waals surface area contributed by atoms with Crippen LogP contribution in [0.3, 0.4) is 0 Å². The average Bonchev–Trinajstić information content (AvgIpc) is 2.55. The van der Waals surface area contributed by atoms with Crippen molar-refractivity contribution in [2.45, 2.75) is 26.3 Å². The van der Waals surface area contributed by atoms with Crippen LogP contribution >= 0.6 is 11.6 Å². The summed E-state index contributed by atoms with van der Waals surface area (Å²) >= 11 is 6.12. The number of nitrogens with zero attached hydrogens (tertiary/aromatic N) is 2. The van der Waals surface area contributed by atoms with E-state index in [0.29, 0.717) is 5.15 Å². The molecule has 0 spiro atoms. The Kier molecular flexibility index (Phi) is 2.67. The molecule has 0 radical (unpaired) electrons. The fourth-order valence-corrected chi connectivity index (χ4v) is 2.09. The Labute approximate surface area is 93.9 Å². The van der Waals surface area contributed by atoms with E-state index < -0.39 is 0 Å². The zero-order chi connectivity index (χ0) is 11.0. The van der Waals surface area contributed by atoms with E-state index in [4.69, 9.17) is 17.3 Å². The summed E-state index contributed by atoms with van der Waals surface area (Å²) in [6, 6.07) is 3.93. The van der Waals surface area contributed by atoms with E-state index in [0.717, 1.165) is 23.3 Å². The molecule has 0 bridgehead atoms. The molecule has 4 heteroatoms. The molecule has 0 amide bonds. The van der Waals surface area contributed by atoms with Crippen LogP contribution in [-0.2, 0) is 6.42 Å². The van der Waals surface area contributed by atoms with Crippen LogP contribution in [0.5, 0.6) is 0 Å². The summed E-state index contributed by atoms with van der Waals surface area (Å²) in [5.41, 5.74) is 7.87. The highest BCUT2D eigenvalue weighted by Gasteiger charge is 2.13. The van der Waals surface area contributed by atoms with E-state index in [2.05, 4.69) is 11.9 Å². The van der Waals surface area contributed by atoms with Crippen LogP contribution in [0, 0.1) is 0 Å². The highest BCUT2D eigenvalue weighted by molar-refractivity contribution is 6.33. The first-order chi connectivity index (χ1) is 7.15. The minimum atomic E-state index is -0.0346. The number of halogens is 1. The lowest BCUT2D eigenvalue weighted by Gasteiger charge is -2.08. The number of nitrogens with two attached hydrogens (primary N) is 1. The topological polar surface area (TPSA) is 43.3 Å². The number of hydrogen-bond acceptors (Lipinski definition) is 2. The number of pyridine rings is 1. The van der Waals surface area contributed by atoms with Gasteiger partial charge in [-0.25, -0.2) is 4.98 Å². The minimum Gasteiger partial charge on any atom is -0.324 e. The zero-order valence-corrected chi connectivity index (χ0v) is 9.62. The maximum Gasteiger partial charge on any atom is 0.155 e. The van der Waals surface area contributed by atoms with Crippen molar-refractivity contribution in [3.63, 3.8) is 0 Å². The molecule has 2 rings (SSSR count). The molecule has 0 saturated carbocycles. The third-order valence-corrected chi connectivity index (χ3v) is 2.80. The largest absolute Gasteiger partial charge is 0.324 e. The summed E-state index contributed by atoms with van der Waals surface area (Å²) in [7, 11) is 0. The molecule has 2 N–H and O–H groups in total. The van der Waals surface area contributed by atoms with Crippen LogP contribution in [-0.4, -0.2) is 9.38 Å². The third kappa shape index (κ3) is 1.62. The summed E-state index contributed by atoms with van der Waals surface area (Å²) in [5, 5.41) is 0.541. The van der Waals surface area contributed by atoms with Crippen LogP contribution in [0.15, 0.2) is 18.3 Å². The molecule has 0 saturated heterocycles. The van der Waals surface area contributed by atoms with E-state index in [1.54, 1.807) is 0 Å². The van der Waals surface area contributed by atoms with Crippen LogP contribution in [0.2, 0.25) is 5.15 Å². The standard InChI is InChI=1S/C11H14ClN3/c1-3-9-14-11(12)10-8(7(2)13)5-4-6-15(9)10/h4-7H,3,13H2,1-2H3. The van der Waals surface area contributed by atoms with Crippen molar-refractivity contribution < 1.29 is 0 Å². The molecule has 0 fully saturated rings. The first-order valence-corrected chi connectivity index (χ1v) is 5.43. The van der Waals surface area contributed by atoms with Crippen LogP contribution in [0.1, 0.15) is 31.3 Å². The highest BCUT2D eigenvalue weighted by atomic mass is 35.5. The van der Waals surface area contributed by atoms with Crippen LogP contribution in [0.25, 0.3) is 5.52 Å². The number of hydrogen-bond donors (Lipinski definition) is 1. The molecule has 1 unspecified atom stereocenters. The Morgan fingerprint density at radius 3 is 2.93 bits per heavy atom. The maximum absolute atomic E-state index is 6.12. The number of fused-ring (bicyclic) bond motifs is 1. The first kappa shape index (κ1) is 10.5. The van der Waals surface area contributed by atoms with Gasteiger partial charge < -0.3 is 10.1 Å².